The first-order chi connectivity index (χ1) is 12.3. The molecule has 1 N–H and O–H groups in total. The first kappa shape index (κ1) is 14.4. The van der Waals surface area contributed by atoms with E-state index in [0.29, 0.717) is 0 Å². The van der Waals surface area contributed by atoms with Crippen molar-refractivity contribution in [2.45, 2.75) is 0 Å². The van der Waals surface area contributed by atoms with Crippen LogP contribution in [0.3, 0.4) is 0 Å². The summed E-state index contributed by atoms with van der Waals surface area (Å²) in [5.74, 6) is 0.880. The van der Waals surface area contributed by atoms with Crippen LogP contribution in [0.4, 0.5) is 11.5 Å². The molecular formula is C20H13BrN4. The fraction of sp³-hybridized carbons (Fsp3) is 0. The van der Waals surface area contributed by atoms with Crippen LogP contribution in [0.25, 0.3) is 10.9 Å². The van der Waals surface area contributed by atoms with Crippen molar-refractivity contribution >= 4 is 44.0 Å². The third kappa shape index (κ3) is 2.36. The first-order valence-electron chi connectivity index (χ1n) is 7.99. The van der Waals surface area contributed by atoms with Gasteiger partial charge in [-0.1, -0.05) is 58.4 Å². The van der Waals surface area contributed by atoms with E-state index in [4.69, 9.17) is 5.10 Å². The van der Waals surface area contributed by atoms with Gasteiger partial charge in [0.05, 0.1) is 5.52 Å². The van der Waals surface area contributed by atoms with Crippen LogP contribution in [-0.4, -0.2) is 15.6 Å². The minimum absolute atomic E-state index is 0.880. The summed E-state index contributed by atoms with van der Waals surface area (Å²) >= 11 is 3.58. The molecule has 4 nitrogen and oxygen atoms in total. The Hall–Kier alpha value is -2.92. The number of nitrogens with zero attached hydrogens (tertiary/aromatic N) is 3. The molecule has 5 heteroatoms. The first-order valence-corrected chi connectivity index (χ1v) is 8.78. The molecule has 0 unspecified atom stereocenters. The molecule has 0 radical (unpaired) electrons. The van der Waals surface area contributed by atoms with Crippen LogP contribution < -0.4 is 5.32 Å². The summed E-state index contributed by atoms with van der Waals surface area (Å²) in [5.41, 5.74) is 4.90. The minimum Gasteiger partial charge on any atom is -0.338 e. The molecule has 120 valence electrons. The van der Waals surface area contributed by atoms with Crippen LogP contribution in [0.1, 0.15) is 11.1 Å². The molecule has 0 amide bonds. The average Bonchev–Trinajstić information content (AvgIpc) is 2.91. The van der Waals surface area contributed by atoms with Gasteiger partial charge < -0.3 is 5.32 Å². The van der Waals surface area contributed by atoms with Gasteiger partial charge in [-0.15, -0.1) is 15.0 Å². The lowest BCUT2D eigenvalue weighted by Gasteiger charge is -2.10. The Balaban J connectivity index is 1.84. The number of anilines is 2. The van der Waals surface area contributed by atoms with Gasteiger partial charge in [0.1, 0.15) is 5.71 Å². The van der Waals surface area contributed by atoms with Crippen molar-refractivity contribution in [2.75, 3.05) is 5.32 Å². The van der Waals surface area contributed by atoms with Crippen LogP contribution in [0.15, 0.2) is 82.4 Å². The zero-order chi connectivity index (χ0) is 16.8. The molecule has 5 rings (SSSR count). The molecule has 0 aliphatic carbocycles. The van der Waals surface area contributed by atoms with E-state index in [-0.39, 0.29) is 0 Å². The van der Waals surface area contributed by atoms with E-state index in [1.165, 1.54) is 0 Å². The summed E-state index contributed by atoms with van der Waals surface area (Å²) < 4.78 is 1.01. The Morgan fingerprint density at radius 1 is 0.880 bits per heavy atom. The Morgan fingerprint density at radius 3 is 2.56 bits per heavy atom. The van der Waals surface area contributed by atoms with Crippen LogP contribution >= 0.6 is 15.9 Å². The molecule has 2 heterocycles. The van der Waals surface area contributed by atoms with Crippen molar-refractivity contribution < 1.29 is 0 Å². The van der Waals surface area contributed by atoms with E-state index in [2.05, 4.69) is 56.7 Å². The maximum atomic E-state index is 4.87. The summed E-state index contributed by atoms with van der Waals surface area (Å²) in [6, 6.07) is 24.4. The van der Waals surface area contributed by atoms with Crippen LogP contribution in [0.5, 0.6) is 0 Å². The van der Waals surface area contributed by atoms with Gasteiger partial charge >= 0.3 is 0 Å². The highest BCUT2D eigenvalue weighted by atomic mass is 79.9. The molecule has 0 bridgehead atoms. The fourth-order valence-corrected chi connectivity index (χ4v) is 3.48. The Morgan fingerprint density at radius 2 is 1.68 bits per heavy atom. The van der Waals surface area contributed by atoms with Gasteiger partial charge in [-0.2, -0.15) is 0 Å². The maximum Gasteiger partial charge on any atom is 0.162 e. The van der Waals surface area contributed by atoms with Gasteiger partial charge in [0.15, 0.2) is 5.82 Å². The molecule has 0 fully saturated rings. The standard InChI is InChI=1S/C20H13BrN4/c21-14-10-11-17-16(12-14)19(13-6-2-1-3-7-13)24-25-20(22-17)15-8-4-5-9-18(15)23-25/h1-12,22H. The SMILES string of the molecule is Brc1ccc2c(c1)C(c1ccccc1)=Nn1nc3ccccc3c1N2. The van der Waals surface area contributed by atoms with E-state index in [1.54, 1.807) is 4.79 Å². The number of fused-ring (bicyclic) bond motifs is 4. The number of rotatable bonds is 1. The highest BCUT2D eigenvalue weighted by molar-refractivity contribution is 9.10. The molecule has 0 atom stereocenters. The third-order valence-corrected chi connectivity index (χ3v) is 4.79. The lowest BCUT2D eigenvalue weighted by Crippen LogP contribution is -2.06. The van der Waals surface area contributed by atoms with Crippen molar-refractivity contribution in [3.8, 4) is 0 Å². The second kappa shape index (κ2) is 5.57. The van der Waals surface area contributed by atoms with E-state index < -0.39 is 0 Å². The number of nitrogens with one attached hydrogen (secondary N) is 1. The van der Waals surface area contributed by atoms with Crippen molar-refractivity contribution in [1.29, 1.82) is 0 Å². The van der Waals surface area contributed by atoms with Crippen LogP contribution in [0.2, 0.25) is 0 Å². The molecule has 1 aliphatic rings. The molecule has 1 aromatic heterocycles. The summed E-state index contributed by atoms with van der Waals surface area (Å²) in [5, 5.41) is 14.1. The van der Waals surface area contributed by atoms with Gasteiger partial charge in [-0.25, -0.2) is 0 Å². The number of halogens is 1. The van der Waals surface area contributed by atoms with Gasteiger partial charge in [-0.05, 0) is 30.3 Å². The maximum absolute atomic E-state index is 4.87. The second-order valence-corrected chi connectivity index (χ2v) is 6.80. The molecular weight excluding hydrogens is 376 g/mol. The predicted octanol–water partition coefficient (Wildman–Crippen LogP) is 5.16. The smallest absolute Gasteiger partial charge is 0.162 e. The lowest BCUT2D eigenvalue weighted by molar-refractivity contribution is 0.764. The second-order valence-electron chi connectivity index (χ2n) is 5.88. The summed E-state index contributed by atoms with van der Waals surface area (Å²) in [4.78, 5) is 1.70. The van der Waals surface area contributed by atoms with Gasteiger partial charge in [0.25, 0.3) is 0 Å². The van der Waals surface area contributed by atoms with E-state index in [9.17, 15) is 0 Å². The molecule has 0 spiro atoms. The van der Waals surface area contributed by atoms with Gasteiger partial charge in [0.2, 0.25) is 0 Å². The van der Waals surface area contributed by atoms with Gasteiger partial charge in [-0.3, -0.25) is 0 Å². The molecule has 1 aliphatic heterocycles. The highest BCUT2D eigenvalue weighted by Gasteiger charge is 2.21. The largest absolute Gasteiger partial charge is 0.338 e. The van der Waals surface area contributed by atoms with Crippen molar-refractivity contribution in [3.63, 3.8) is 0 Å². The number of benzene rings is 3. The molecule has 25 heavy (non-hydrogen) atoms. The molecule has 3 aromatic carbocycles. The Bertz CT molecular complexity index is 1130. The summed E-state index contributed by atoms with van der Waals surface area (Å²) in [7, 11) is 0. The monoisotopic (exact) mass is 388 g/mol. The zero-order valence-electron chi connectivity index (χ0n) is 13.1. The number of hydrogen-bond donors (Lipinski definition) is 1. The van der Waals surface area contributed by atoms with Crippen LogP contribution in [-0.2, 0) is 0 Å². The molecule has 0 saturated carbocycles. The third-order valence-electron chi connectivity index (χ3n) is 4.29. The number of hydrogen-bond acceptors (Lipinski definition) is 3. The highest BCUT2D eigenvalue weighted by Crippen LogP contribution is 2.33. The van der Waals surface area contributed by atoms with Gasteiger partial charge in [0, 0.05) is 26.7 Å². The van der Waals surface area contributed by atoms with Crippen molar-refractivity contribution in [2.24, 2.45) is 5.10 Å². The fourth-order valence-electron chi connectivity index (χ4n) is 3.12. The Kier molecular flexibility index (Phi) is 3.21. The molecule has 0 saturated heterocycles. The topological polar surface area (TPSA) is 42.2 Å². The lowest BCUT2D eigenvalue weighted by atomic mass is 10.0. The minimum atomic E-state index is 0.880. The number of aromatic nitrogens is 2. The predicted molar refractivity (Wildman–Crippen MR) is 105 cm³/mol. The molecule has 4 aromatic rings. The van der Waals surface area contributed by atoms with E-state index in [0.717, 1.165) is 43.7 Å². The van der Waals surface area contributed by atoms with Crippen LogP contribution in [0, 0.1) is 0 Å². The quantitative estimate of drug-likeness (QED) is 0.431. The van der Waals surface area contributed by atoms with E-state index in [1.807, 2.05) is 42.5 Å². The average molecular weight is 389 g/mol. The van der Waals surface area contributed by atoms with Crippen molar-refractivity contribution in [1.82, 2.24) is 9.89 Å². The van der Waals surface area contributed by atoms with Crippen molar-refractivity contribution in [3.05, 3.63) is 88.4 Å². The Labute approximate surface area is 152 Å². The normalized spacial score (nSPS) is 12.8. The summed E-state index contributed by atoms with van der Waals surface area (Å²) in [6.07, 6.45) is 0. The summed E-state index contributed by atoms with van der Waals surface area (Å²) in [6.45, 7) is 0. The zero-order valence-corrected chi connectivity index (χ0v) is 14.7. The van der Waals surface area contributed by atoms with E-state index >= 15 is 0 Å².